The van der Waals surface area contributed by atoms with Crippen LogP contribution in [-0.4, -0.2) is 69.8 Å². The van der Waals surface area contributed by atoms with Gasteiger partial charge in [-0.05, 0) is 31.9 Å². The van der Waals surface area contributed by atoms with Crippen molar-refractivity contribution in [3.8, 4) is 5.75 Å². The number of aliphatic hydroxyl groups excluding tert-OH is 3. The number of hydrogen-bond donors (Lipinski definition) is 5. The van der Waals surface area contributed by atoms with Crippen molar-refractivity contribution in [2.24, 2.45) is 0 Å². The smallest absolute Gasteiger partial charge is 0.335 e. The summed E-state index contributed by atoms with van der Waals surface area (Å²) in [6.07, 6.45) is -8.25. The van der Waals surface area contributed by atoms with E-state index in [9.17, 15) is 20.1 Å². The second-order valence-electron chi connectivity index (χ2n) is 6.40. The van der Waals surface area contributed by atoms with E-state index in [2.05, 4.69) is 5.48 Å². The summed E-state index contributed by atoms with van der Waals surface area (Å²) in [6.45, 7) is 5.86. The number of carboxylic acid groups (broad SMARTS) is 1. The fourth-order valence-electron chi connectivity index (χ4n) is 2.60. The molecule has 1 fully saturated rings. The second kappa shape index (κ2) is 8.76. The Morgan fingerprint density at radius 3 is 2.38 bits per heavy atom. The number of aliphatic carboxylic acids is 1. The molecule has 146 valence electrons. The summed E-state index contributed by atoms with van der Waals surface area (Å²) in [7, 11) is 0. The number of para-hydroxylation sites is 1. The lowest BCUT2D eigenvalue weighted by atomic mass is 9.99. The third kappa shape index (κ3) is 4.70. The van der Waals surface area contributed by atoms with Crippen LogP contribution in [0.15, 0.2) is 18.2 Å². The van der Waals surface area contributed by atoms with Gasteiger partial charge in [0.15, 0.2) is 6.10 Å². The first-order valence-corrected chi connectivity index (χ1v) is 8.25. The zero-order valence-corrected chi connectivity index (χ0v) is 14.8. The minimum Gasteiger partial charge on any atom is -0.491 e. The van der Waals surface area contributed by atoms with Crippen LogP contribution in [0.25, 0.3) is 0 Å². The first-order chi connectivity index (χ1) is 12.2. The van der Waals surface area contributed by atoms with Gasteiger partial charge in [-0.15, -0.1) is 0 Å². The number of carboxylic acids is 1. The summed E-state index contributed by atoms with van der Waals surface area (Å²) in [6, 6.07) is 5.46. The van der Waals surface area contributed by atoms with Crippen molar-refractivity contribution in [1.82, 2.24) is 5.48 Å². The second-order valence-corrected chi connectivity index (χ2v) is 6.40. The molecule has 1 aliphatic heterocycles. The molecule has 1 heterocycles. The molecule has 1 aromatic carbocycles. The van der Waals surface area contributed by atoms with Gasteiger partial charge in [0.1, 0.15) is 30.7 Å². The maximum absolute atomic E-state index is 11.1. The number of rotatable bonds is 7. The lowest BCUT2D eigenvalue weighted by Crippen LogP contribution is -2.61. The van der Waals surface area contributed by atoms with Crippen molar-refractivity contribution < 1.29 is 39.5 Å². The average Bonchev–Trinajstić information content (AvgIpc) is 2.58. The number of nitrogens with one attached hydrogen (secondary N) is 1. The Balaban J connectivity index is 1.88. The highest BCUT2D eigenvalue weighted by atomic mass is 16.8. The summed E-state index contributed by atoms with van der Waals surface area (Å²) >= 11 is 0. The van der Waals surface area contributed by atoms with E-state index in [1.54, 1.807) is 6.92 Å². The molecule has 9 nitrogen and oxygen atoms in total. The zero-order valence-electron chi connectivity index (χ0n) is 14.8. The van der Waals surface area contributed by atoms with Gasteiger partial charge in [0, 0.05) is 0 Å². The molecule has 9 heteroatoms. The maximum atomic E-state index is 11.1. The fourth-order valence-corrected chi connectivity index (χ4v) is 2.60. The first kappa shape index (κ1) is 20.6. The summed E-state index contributed by atoms with van der Waals surface area (Å²) < 4.78 is 10.8. The quantitative estimate of drug-likeness (QED) is 0.401. The Morgan fingerprint density at radius 2 is 1.81 bits per heavy atom. The monoisotopic (exact) mass is 371 g/mol. The predicted molar refractivity (Wildman–Crippen MR) is 89.4 cm³/mol. The Bertz CT molecular complexity index is 605. The molecule has 1 aliphatic rings. The van der Waals surface area contributed by atoms with Gasteiger partial charge in [0.25, 0.3) is 0 Å². The van der Waals surface area contributed by atoms with Gasteiger partial charge in [-0.3, -0.25) is 4.84 Å². The van der Waals surface area contributed by atoms with Gasteiger partial charge < -0.3 is 29.9 Å². The van der Waals surface area contributed by atoms with Crippen LogP contribution in [0.5, 0.6) is 5.75 Å². The van der Waals surface area contributed by atoms with E-state index in [1.807, 2.05) is 32.0 Å². The van der Waals surface area contributed by atoms with Crippen molar-refractivity contribution >= 4 is 5.97 Å². The number of aryl methyl sites for hydroxylation is 2. The molecule has 5 N–H and O–H groups in total. The zero-order chi connectivity index (χ0) is 19.4. The molecular weight excluding hydrogens is 346 g/mol. The molecule has 0 radical (unpaired) electrons. The van der Waals surface area contributed by atoms with Crippen LogP contribution < -0.4 is 10.2 Å². The molecule has 26 heavy (non-hydrogen) atoms. The Hall–Kier alpha value is -1.75. The molecule has 0 amide bonds. The van der Waals surface area contributed by atoms with Crippen molar-refractivity contribution in [2.75, 3.05) is 6.61 Å². The van der Waals surface area contributed by atoms with Gasteiger partial charge in [-0.25, -0.2) is 4.79 Å². The number of hydrogen-bond acceptors (Lipinski definition) is 8. The van der Waals surface area contributed by atoms with Crippen LogP contribution in [0.4, 0.5) is 0 Å². The van der Waals surface area contributed by atoms with Crippen molar-refractivity contribution in [3.63, 3.8) is 0 Å². The topological polar surface area (TPSA) is 138 Å². The molecule has 1 saturated heterocycles. The highest BCUT2D eigenvalue weighted by molar-refractivity contribution is 5.73. The lowest BCUT2D eigenvalue weighted by molar-refractivity contribution is -0.311. The number of ether oxygens (including phenoxy) is 2. The van der Waals surface area contributed by atoms with Crippen LogP contribution >= 0.6 is 0 Å². The fraction of sp³-hybridized carbons (Fsp3) is 0.588. The minimum absolute atomic E-state index is 0.238. The number of carbonyl (C=O) groups is 1. The average molecular weight is 371 g/mol. The Labute approximate surface area is 151 Å². The van der Waals surface area contributed by atoms with Gasteiger partial charge in [-0.1, -0.05) is 18.2 Å². The highest BCUT2D eigenvalue weighted by Gasteiger charge is 2.47. The summed E-state index contributed by atoms with van der Waals surface area (Å²) in [4.78, 5) is 16.2. The van der Waals surface area contributed by atoms with Gasteiger partial charge >= 0.3 is 5.97 Å². The molecule has 0 saturated carbocycles. The molecule has 0 bridgehead atoms. The van der Waals surface area contributed by atoms with Crippen molar-refractivity contribution in [1.29, 1.82) is 0 Å². The van der Waals surface area contributed by atoms with Gasteiger partial charge in [-0.2, -0.15) is 5.48 Å². The Kier molecular flexibility index (Phi) is 6.93. The van der Waals surface area contributed by atoms with E-state index in [-0.39, 0.29) is 12.6 Å². The minimum atomic E-state index is -1.76. The van der Waals surface area contributed by atoms with Crippen LogP contribution in [0.2, 0.25) is 0 Å². The number of benzene rings is 1. The molecule has 2 rings (SSSR count). The normalized spacial score (nSPS) is 30.0. The predicted octanol–water partition coefficient (Wildman–Crippen LogP) is -0.516. The maximum Gasteiger partial charge on any atom is 0.335 e. The molecule has 0 aliphatic carbocycles. The van der Waals surface area contributed by atoms with Crippen LogP contribution in [0.3, 0.4) is 0 Å². The van der Waals surface area contributed by atoms with Gasteiger partial charge in [0.05, 0.1) is 6.04 Å². The van der Waals surface area contributed by atoms with Crippen LogP contribution in [0, 0.1) is 13.8 Å². The van der Waals surface area contributed by atoms with E-state index >= 15 is 0 Å². The molecule has 0 spiro atoms. The van der Waals surface area contributed by atoms with E-state index in [0.29, 0.717) is 0 Å². The van der Waals surface area contributed by atoms with Crippen molar-refractivity contribution in [3.05, 3.63) is 29.3 Å². The molecule has 0 aromatic heterocycles. The molecule has 1 aromatic rings. The largest absolute Gasteiger partial charge is 0.491 e. The molecule has 6 unspecified atom stereocenters. The number of aliphatic hydroxyl groups is 3. The SMILES string of the molecule is Cc1cccc(C)c1OCC(C)NOC1OC(C(=O)O)C(O)C(O)C1O. The van der Waals surface area contributed by atoms with E-state index in [1.165, 1.54) is 0 Å². The standard InChI is InChI=1S/C17H25NO8/c1-8-5-4-6-9(2)14(8)24-7-10(3)18-26-17-13(21)11(19)12(20)15(25-17)16(22)23/h4-6,10-13,15,17-21H,7H2,1-3H3,(H,22,23). The van der Waals surface area contributed by atoms with E-state index in [4.69, 9.17) is 19.4 Å². The summed E-state index contributed by atoms with van der Waals surface area (Å²) in [5, 5.41) is 38.2. The first-order valence-electron chi connectivity index (χ1n) is 8.25. The van der Waals surface area contributed by atoms with Crippen LogP contribution in [-0.2, 0) is 14.4 Å². The third-order valence-electron chi connectivity index (χ3n) is 4.08. The van der Waals surface area contributed by atoms with E-state index < -0.39 is 36.7 Å². The summed E-state index contributed by atoms with van der Waals surface area (Å²) in [5.41, 5.74) is 4.57. The lowest BCUT2D eigenvalue weighted by Gasteiger charge is -2.38. The Morgan fingerprint density at radius 1 is 1.19 bits per heavy atom. The van der Waals surface area contributed by atoms with Crippen LogP contribution in [0.1, 0.15) is 18.1 Å². The van der Waals surface area contributed by atoms with E-state index in [0.717, 1.165) is 16.9 Å². The third-order valence-corrected chi connectivity index (χ3v) is 4.08. The molecule has 6 atom stereocenters. The summed E-state index contributed by atoms with van der Waals surface area (Å²) in [5.74, 6) is -0.706. The number of hydroxylamine groups is 1. The molecular formula is C17H25NO8. The van der Waals surface area contributed by atoms with Crippen molar-refractivity contribution in [2.45, 2.75) is 57.5 Å². The highest BCUT2D eigenvalue weighted by Crippen LogP contribution is 2.23. The van der Waals surface area contributed by atoms with Gasteiger partial charge in [0.2, 0.25) is 6.29 Å².